The standard InChI is InChI=1S/C25H23ClN2O3/c26-21-8-10-22(11-9-21)31-16-17-4-6-19(7-5-17)25(30)27-13-18-12-20(15-27)23-2-1-3-24(29)28(23)14-18/h1-11,18,20H,12-16H2. The number of fused-ring (bicyclic) bond motifs is 4. The van der Waals surface area contributed by atoms with Gasteiger partial charge in [0.25, 0.3) is 11.5 Å². The van der Waals surface area contributed by atoms with Gasteiger partial charge in [0.2, 0.25) is 0 Å². The number of benzene rings is 2. The number of rotatable bonds is 4. The van der Waals surface area contributed by atoms with Gasteiger partial charge in [0.1, 0.15) is 12.4 Å². The fourth-order valence-electron chi connectivity index (χ4n) is 4.69. The van der Waals surface area contributed by atoms with E-state index in [4.69, 9.17) is 16.3 Å². The molecule has 1 fully saturated rings. The molecule has 2 bridgehead atoms. The number of amides is 1. The molecule has 158 valence electrons. The maximum Gasteiger partial charge on any atom is 0.253 e. The predicted octanol–water partition coefficient (Wildman–Crippen LogP) is 4.34. The monoisotopic (exact) mass is 434 g/mol. The van der Waals surface area contributed by atoms with Gasteiger partial charge in [0, 0.05) is 47.9 Å². The third-order valence-electron chi connectivity index (χ3n) is 6.19. The first kappa shape index (κ1) is 19.9. The Morgan fingerprint density at radius 2 is 1.74 bits per heavy atom. The largest absolute Gasteiger partial charge is 0.489 e. The van der Waals surface area contributed by atoms with Crippen molar-refractivity contribution in [1.29, 1.82) is 0 Å². The molecule has 6 heteroatoms. The van der Waals surface area contributed by atoms with Crippen molar-refractivity contribution in [3.63, 3.8) is 0 Å². The number of carbonyl (C=O) groups is 1. The number of halogens is 1. The molecule has 2 aliphatic rings. The van der Waals surface area contributed by atoms with E-state index >= 15 is 0 Å². The quantitative estimate of drug-likeness (QED) is 0.613. The van der Waals surface area contributed by atoms with Crippen LogP contribution >= 0.6 is 11.6 Å². The average Bonchev–Trinajstić information content (AvgIpc) is 2.79. The van der Waals surface area contributed by atoms with Crippen LogP contribution in [0.15, 0.2) is 71.5 Å². The number of hydrogen-bond acceptors (Lipinski definition) is 3. The molecule has 3 aromatic rings. The minimum atomic E-state index is 0.0478. The van der Waals surface area contributed by atoms with Crippen LogP contribution in [0.2, 0.25) is 5.02 Å². The van der Waals surface area contributed by atoms with E-state index in [1.165, 1.54) is 0 Å². The summed E-state index contributed by atoms with van der Waals surface area (Å²) in [5.74, 6) is 1.34. The van der Waals surface area contributed by atoms with Gasteiger partial charge in [-0.2, -0.15) is 0 Å². The van der Waals surface area contributed by atoms with Gasteiger partial charge in [0.05, 0.1) is 0 Å². The van der Waals surface area contributed by atoms with E-state index in [9.17, 15) is 9.59 Å². The number of ether oxygens (including phenoxy) is 1. The molecule has 2 aromatic carbocycles. The van der Waals surface area contributed by atoms with Crippen LogP contribution in [0, 0.1) is 5.92 Å². The minimum absolute atomic E-state index is 0.0478. The SMILES string of the molecule is O=C(c1ccc(COc2ccc(Cl)cc2)cc1)N1CC2CC(C1)c1cccc(=O)n1C2. The highest BCUT2D eigenvalue weighted by atomic mass is 35.5. The fraction of sp³-hybridized carbons (Fsp3) is 0.280. The molecule has 2 unspecified atom stereocenters. The van der Waals surface area contributed by atoms with Crippen molar-refractivity contribution in [2.24, 2.45) is 5.92 Å². The lowest BCUT2D eigenvalue weighted by Gasteiger charge is -2.42. The molecule has 1 amide bonds. The van der Waals surface area contributed by atoms with Gasteiger partial charge in [-0.15, -0.1) is 0 Å². The first-order valence-corrected chi connectivity index (χ1v) is 10.9. The van der Waals surface area contributed by atoms with E-state index in [0.29, 0.717) is 42.7 Å². The van der Waals surface area contributed by atoms with Gasteiger partial charge < -0.3 is 14.2 Å². The van der Waals surface area contributed by atoms with Gasteiger partial charge in [-0.1, -0.05) is 29.8 Å². The third kappa shape index (κ3) is 4.10. The fourth-order valence-corrected chi connectivity index (χ4v) is 4.81. The van der Waals surface area contributed by atoms with Crippen molar-refractivity contribution >= 4 is 17.5 Å². The zero-order valence-corrected chi connectivity index (χ0v) is 17.8. The Balaban J connectivity index is 1.25. The van der Waals surface area contributed by atoms with Gasteiger partial charge in [0.15, 0.2) is 0 Å². The van der Waals surface area contributed by atoms with E-state index in [1.807, 2.05) is 58.0 Å². The zero-order valence-electron chi connectivity index (χ0n) is 17.0. The molecule has 0 aliphatic carbocycles. The highest BCUT2D eigenvalue weighted by Crippen LogP contribution is 2.35. The first-order chi connectivity index (χ1) is 15.1. The molecular weight excluding hydrogens is 412 g/mol. The summed E-state index contributed by atoms with van der Waals surface area (Å²) in [4.78, 5) is 27.3. The van der Waals surface area contributed by atoms with E-state index in [2.05, 4.69) is 0 Å². The Kier molecular flexibility index (Phi) is 5.28. The summed E-state index contributed by atoms with van der Waals surface area (Å²) >= 11 is 5.90. The molecule has 0 saturated carbocycles. The summed E-state index contributed by atoms with van der Waals surface area (Å²) in [6.45, 7) is 2.46. The third-order valence-corrected chi connectivity index (χ3v) is 6.44. The van der Waals surface area contributed by atoms with Crippen LogP contribution in [0.5, 0.6) is 5.75 Å². The first-order valence-electron chi connectivity index (χ1n) is 10.5. The van der Waals surface area contributed by atoms with Crippen molar-refractivity contribution in [2.75, 3.05) is 13.1 Å². The van der Waals surface area contributed by atoms with Crippen molar-refractivity contribution < 1.29 is 9.53 Å². The highest BCUT2D eigenvalue weighted by molar-refractivity contribution is 6.30. The topological polar surface area (TPSA) is 51.5 Å². The molecule has 0 radical (unpaired) electrons. The van der Waals surface area contributed by atoms with E-state index < -0.39 is 0 Å². The Bertz CT molecular complexity index is 1150. The van der Waals surface area contributed by atoms with Crippen molar-refractivity contribution in [3.8, 4) is 5.75 Å². The lowest BCUT2D eigenvalue weighted by atomic mass is 9.83. The highest BCUT2D eigenvalue weighted by Gasteiger charge is 2.36. The second kappa shape index (κ2) is 8.23. The van der Waals surface area contributed by atoms with Crippen LogP contribution in [0.25, 0.3) is 0 Å². The maximum absolute atomic E-state index is 13.1. The lowest BCUT2D eigenvalue weighted by molar-refractivity contribution is 0.0594. The number of carbonyl (C=O) groups excluding carboxylic acids is 1. The Hall–Kier alpha value is -3.05. The molecule has 1 saturated heterocycles. The molecular formula is C25H23ClN2O3. The van der Waals surface area contributed by atoms with Crippen LogP contribution in [-0.2, 0) is 13.2 Å². The van der Waals surface area contributed by atoms with Crippen LogP contribution in [-0.4, -0.2) is 28.5 Å². The predicted molar refractivity (Wildman–Crippen MR) is 120 cm³/mol. The van der Waals surface area contributed by atoms with E-state index in [0.717, 1.165) is 23.4 Å². The lowest BCUT2D eigenvalue weighted by Crippen LogP contribution is -2.49. The normalized spacial score (nSPS) is 19.6. The summed E-state index contributed by atoms with van der Waals surface area (Å²) < 4.78 is 7.66. The smallest absolute Gasteiger partial charge is 0.253 e. The van der Waals surface area contributed by atoms with E-state index in [1.54, 1.807) is 18.2 Å². The molecule has 3 heterocycles. The summed E-state index contributed by atoms with van der Waals surface area (Å²) in [6, 6.07) is 20.3. The number of likely N-dealkylation sites (tertiary alicyclic amines) is 1. The number of pyridine rings is 1. The molecule has 31 heavy (non-hydrogen) atoms. The number of piperidine rings is 1. The van der Waals surface area contributed by atoms with Gasteiger partial charge >= 0.3 is 0 Å². The Morgan fingerprint density at radius 3 is 2.52 bits per heavy atom. The summed E-state index contributed by atoms with van der Waals surface area (Å²) in [5.41, 5.74) is 2.79. The van der Waals surface area contributed by atoms with Crippen LogP contribution in [0.4, 0.5) is 0 Å². The van der Waals surface area contributed by atoms with Gasteiger partial charge in [-0.05, 0) is 60.4 Å². The molecule has 2 aliphatic heterocycles. The van der Waals surface area contributed by atoms with Crippen molar-refractivity contribution in [2.45, 2.75) is 25.5 Å². The number of aromatic nitrogens is 1. The Morgan fingerprint density at radius 1 is 0.968 bits per heavy atom. The minimum Gasteiger partial charge on any atom is -0.489 e. The van der Waals surface area contributed by atoms with E-state index in [-0.39, 0.29) is 17.4 Å². The summed E-state index contributed by atoms with van der Waals surface area (Å²) in [6.07, 6.45) is 1.04. The summed E-state index contributed by atoms with van der Waals surface area (Å²) in [5, 5.41) is 0.674. The molecule has 0 spiro atoms. The zero-order chi connectivity index (χ0) is 21.4. The van der Waals surface area contributed by atoms with Crippen LogP contribution in [0.1, 0.15) is 34.0 Å². The van der Waals surface area contributed by atoms with Gasteiger partial charge in [-0.3, -0.25) is 9.59 Å². The molecule has 5 rings (SSSR count). The number of nitrogens with zero attached hydrogens (tertiary/aromatic N) is 2. The molecule has 1 aromatic heterocycles. The average molecular weight is 435 g/mol. The van der Waals surface area contributed by atoms with Crippen molar-refractivity contribution in [1.82, 2.24) is 9.47 Å². The van der Waals surface area contributed by atoms with Crippen LogP contribution in [0.3, 0.4) is 0 Å². The molecule has 2 atom stereocenters. The molecule has 5 nitrogen and oxygen atoms in total. The number of hydrogen-bond donors (Lipinski definition) is 0. The Labute approximate surface area is 185 Å². The summed E-state index contributed by atoms with van der Waals surface area (Å²) in [7, 11) is 0. The second-order valence-corrected chi connectivity index (χ2v) is 8.78. The van der Waals surface area contributed by atoms with Crippen LogP contribution < -0.4 is 10.3 Å². The maximum atomic E-state index is 13.1. The molecule has 0 N–H and O–H groups in total. The van der Waals surface area contributed by atoms with Crippen molar-refractivity contribution in [3.05, 3.63) is 98.9 Å². The van der Waals surface area contributed by atoms with Gasteiger partial charge in [-0.25, -0.2) is 0 Å². The second-order valence-electron chi connectivity index (χ2n) is 8.35.